The number of hydrogen-bond acceptors (Lipinski definition) is 4. The second kappa shape index (κ2) is 6.92. The van der Waals surface area contributed by atoms with Crippen molar-refractivity contribution in [1.82, 2.24) is 9.55 Å². The van der Waals surface area contributed by atoms with Crippen LogP contribution in [0.5, 0.6) is 5.88 Å². The SMILES string of the molecule is Cc1nc(OCc2ccc(F)cc2C#N)c(Br)c(=O)n1C(C)C. The largest absolute Gasteiger partial charge is 0.472 e. The zero-order valence-electron chi connectivity index (χ0n) is 12.9. The highest BCUT2D eigenvalue weighted by Gasteiger charge is 2.16. The molecule has 0 N–H and O–H groups in total. The van der Waals surface area contributed by atoms with E-state index in [0.29, 0.717) is 11.4 Å². The number of nitriles is 1. The van der Waals surface area contributed by atoms with Crippen LogP contribution >= 0.6 is 15.9 Å². The Hall–Kier alpha value is -2.20. The van der Waals surface area contributed by atoms with Crippen LogP contribution in [0.2, 0.25) is 0 Å². The standard InChI is InChI=1S/C16H15BrFN3O2/c1-9(2)21-10(3)20-15(14(17)16(21)22)23-8-11-4-5-13(18)6-12(11)7-19/h4-6,9H,8H2,1-3H3. The van der Waals surface area contributed by atoms with Gasteiger partial charge in [-0.05, 0) is 48.8 Å². The summed E-state index contributed by atoms with van der Waals surface area (Å²) in [6.45, 7) is 5.51. The van der Waals surface area contributed by atoms with E-state index in [-0.39, 0.29) is 34.1 Å². The first-order valence-corrected chi connectivity index (χ1v) is 7.74. The average molecular weight is 380 g/mol. The Balaban J connectivity index is 2.33. The molecule has 0 aliphatic rings. The lowest BCUT2D eigenvalue weighted by atomic mass is 10.1. The van der Waals surface area contributed by atoms with E-state index in [9.17, 15) is 9.18 Å². The molecule has 0 saturated carbocycles. The van der Waals surface area contributed by atoms with Gasteiger partial charge in [-0.3, -0.25) is 9.36 Å². The lowest BCUT2D eigenvalue weighted by Gasteiger charge is -2.16. The lowest BCUT2D eigenvalue weighted by Crippen LogP contribution is -2.26. The number of halogens is 2. The van der Waals surface area contributed by atoms with Gasteiger partial charge in [0.1, 0.15) is 22.7 Å². The van der Waals surface area contributed by atoms with Gasteiger partial charge in [-0.25, -0.2) is 4.39 Å². The van der Waals surface area contributed by atoms with Crippen molar-refractivity contribution < 1.29 is 9.13 Å². The lowest BCUT2D eigenvalue weighted by molar-refractivity contribution is 0.287. The molecule has 0 saturated heterocycles. The molecule has 0 unspecified atom stereocenters. The molecule has 0 aliphatic heterocycles. The van der Waals surface area contributed by atoms with Crippen molar-refractivity contribution in [1.29, 1.82) is 5.26 Å². The minimum Gasteiger partial charge on any atom is -0.472 e. The molecule has 0 fully saturated rings. The Bertz CT molecular complexity index is 840. The average Bonchev–Trinajstić information content (AvgIpc) is 2.50. The van der Waals surface area contributed by atoms with Gasteiger partial charge in [-0.2, -0.15) is 10.2 Å². The summed E-state index contributed by atoms with van der Waals surface area (Å²) in [5.74, 6) is 0.195. The van der Waals surface area contributed by atoms with Gasteiger partial charge in [0.05, 0.1) is 11.6 Å². The first-order valence-electron chi connectivity index (χ1n) is 6.95. The van der Waals surface area contributed by atoms with Crippen molar-refractivity contribution >= 4 is 15.9 Å². The second-order valence-electron chi connectivity index (χ2n) is 5.25. The van der Waals surface area contributed by atoms with Gasteiger partial charge >= 0.3 is 0 Å². The highest BCUT2D eigenvalue weighted by molar-refractivity contribution is 9.10. The minimum absolute atomic E-state index is 0.0132. The molecule has 1 aromatic heterocycles. The van der Waals surface area contributed by atoms with Crippen molar-refractivity contribution in [3.8, 4) is 11.9 Å². The molecule has 0 atom stereocenters. The van der Waals surface area contributed by atoms with E-state index in [1.807, 2.05) is 19.9 Å². The Morgan fingerprint density at radius 3 is 2.78 bits per heavy atom. The predicted octanol–water partition coefficient (Wildman–Crippen LogP) is 3.48. The summed E-state index contributed by atoms with van der Waals surface area (Å²) in [5, 5.41) is 9.03. The van der Waals surface area contributed by atoms with Crippen molar-refractivity contribution in [2.45, 2.75) is 33.4 Å². The molecule has 0 radical (unpaired) electrons. The number of aryl methyl sites for hydroxylation is 1. The fourth-order valence-electron chi connectivity index (χ4n) is 2.22. The molecule has 0 aliphatic carbocycles. The Labute approximate surface area is 141 Å². The fraction of sp³-hybridized carbons (Fsp3) is 0.312. The van der Waals surface area contributed by atoms with Gasteiger partial charge in [-0.1, -0.05) is 6.07 Å². The Morgan fingerprint density at radius 2 is 2.17 bits per heavy atom. The van der Waals surface area contributed by atoms with Crippen molar-refractivity contribution in [3.05, 3.63) is 55.8 Å². The first-order chi connectivity index (χ1) is 10.8. The summed E-state index contributed by atoms with van der Waals surface area (Å²) in [6, 6.07) is 5.76. The molecule has 120 valence electrons. The summed E-state index contributed by atoms with van der Waals surface area (Å²) in [5.41, 5.74) is 0.476. The third kappa shape index (κ3) is 3.59. The molecule has 2 rings (SSSR count). The van der Waals surface area contributed by atoms with Gasteiger partial charge in [0, 0.05) is 11.6 Å². The van der Waals surface area contributed by atoms with E-state index in [0.717, 1.165) is 6.07 Å². The summed E-state index contributed by atoms with van der Waals surface area (Å²) >= 11 is 3.21. The van der Waals surface area contributed by atoms with E-state index in [1.54, 1.807) is 11.5 Å². The summed E-state index contributed by atoms with van der Waals surface area (Å²) < 4.78 is 20.5. The van der Waals surface area contributed by atoms with Crippen LogP contribution in [0.15, 0.2) is 27.5 Å². The molecular formula is C16H15BrFN3O2. The number of ether oxygens (including phenoxy) is 1. The second-order valence-corrected chi connectivity index (χ2v) is 6.04. The fourth-order valence-corrected chi connectivity index (χ4v) is 2.62. The third-order valence-corrected chi connectivity index (χ3v) is 3.96. The van der Waals surface area contributed by atoms with Crippen LogP contribution in [0.4, 0.5) is 4.39 Å². The first kappa shape index (κ1) is 17.2. The maximum Gasteiger partial charge on any atom is 0.272 e. The number of benzene rings is 1. The summed E-state index contributed by atoms with van der Waals surface area (Å²) in [6.07, 6.45) is 0. The topological polar surface area (TPSA) is 67.9 Å². The molecule has 23 heavy (non-hydrogen) atoms. The quantitative estimate of drug-likeness (QED) is 0.815. The molecular weight excluding hydrogens is 365 g/mol. The predicted molar refractivity (Wildman–Crippen MR) is 86.8 cm³/mol. The molecule has 5 nitrogen and oxygen atoms in total. The van der Waals surface area contributed by atoms with Crippen LogP contribution in [-0.4, -0.2) is 9.55 Å². The van der Waals surface area contributed by atoms with Crippen LogP contribution in [-0.2, 0) is 6.61 Å². The highest BCUT2D eigenvalue weighted by Crippen LogP contribution is 2.22. The summed E-state index contributed by atoms with van der Waals surface area (Å²) in [4.78, 5) is 16.6. The minimum atomic E-state index is -0.486. The van der Waals surface area contributed by atoms with Crippen molar-refractivity contribution in [2.75, 3.05) is 0 Å². The van der Waals surface area contributed by atoms with E-state index in [2.05, 4.69) is 20.9 Å². The van der Waals surface area contributed by atoms with E-state index in [1.165, 1.54) is 12.1 Å². The van der Waals surface area contributed by atoms with Crippen molar-refractivity contribution in [3.63, 3.8) is 0 Å². The van der Waals surface area contributed by atoms with E-state index in [4.69, 9.17) is 10.00 Å². The normalized spacial score (nSPS) is 10.7. The van der Waals surface area contributed by atoms with Crippen LogP contribution in [0, 0.1) is 24.1 Å². The Kier molecular flexibility index (Phi) is 5.16. The van der Waals surface area contributed by atoms with Crippen LogP contribution in [0.3, 0.4) is 0 Å². The smallest absolute Gasteiger partial charge is 0.272 e. The number of aromatic nitrogens is 2. The van der Waals surface area contributed by atoms with E-state index < -0.39 is 5.82 Å². The third-order valence-electron chi connectivity index (χ3n) is 3.28. The molecule has 2 aromatic rings. The Morgan fingerprint density at radius 1 is 1.48 bits per heavy atom. The highest BCUT2D eigenvalue weighted by atomic mass is 79.9. The van der Waals surface area contributed by atoms with Crippen molar-refractivity contribution in [2.24, 2.45) is 0 Å². The van der Waals surface area contributed by atoms with Gasteiger partial charge in [0.15, 0.2) is 0 Å². The molecule has 7 heteroatoms. The van der Waals surface area contributed by atoms with Gasteiger partial charge < -0.3 is 4.74 Å². The zero-order valence-corrected chi connectivity index (χ0v) is 14.5. The van der Waals surface area contributed by atoms with Crippen LogP contribution < -0.4 is 10.3 Å². The molecule has 0 amide bonds. The van der Waals surface area contributed by atoms with Crippen LogP contribution in [0.25, 0.3) is 0 Å². The molecule has 1 aromatic carbocycles. The maximum atomic E-state index is 13.1. The van der Waals surface area contributed by atoms with Gasteiger partial charge in [0.2, 0.25) is 5.88 Å². The monoisotopic (exact) mass is 379 g/mol. The maximum absolute atomic E-state index is 13.1. The number of nitrogens with zero attached hydrogens (tertiary/aromatic N) is 3. The molecule has 1 heterocycles. The number of rotatable bonds is 4. The molecule has 0 spiro atoms. The van der Waals surface area contributed by atoms with Gasteiger partial charge in [-0.15, -0.1) is 0 Å². The summed E-state index contributed by atoms with van der Waals surface area (Å²) in [7, 11) is 0. The van der Waals surface area contributed by atoms with Crippen LogP contribution in [0.1, 0.15) is 36.8 Å². The van der Waals surface area contributed by atoms with E-state index >= 15 is 0 Å². The zero-order chi connectivity index (χ0) is 17.1. The number of hydrogen-bond donors (Lipinski definition) is 0. The molecule has 0 bridgehead atoms. The van der Waals surface area contributed by atoms with Gasteiger partial charge in [0.25, 0.3) is 5.56 Å².